The molecule has 1 aromatic carbocycles. The first kappa shape index (κ1) is 23.9. The molecular formula is C19H29ClN4O4. The summed E-state index contributed by atoms with van der Waals surface area (Å²) < 4.78 is 5.24. The van der Waals surface area contributed by atoms with E-state index in [1.165, 1.54) is 0 Å². The zero-order chi connectivity index (χ0) is 19.8. The van der Waals surface area contributed by atoms with E-state index < -0.39 is 6.04 Å². The molecule has 9 heteroatoms. The number of amides is 3. The summed E-state index contributed by atoms with van der Waals surface area (Å²) in [4.78, 5) is 37.7. The second-order valence-corrected chi connectivity index (χ2v) is 6.90. The van der Waals surface area contributed by atoms with Crippen LogP contribution < -0.4 is 16.4 Å². The van der Waals surface area contributed by atoms with Gasteiger partial charge in [-0.2, -0.15) is 0 Å². The Labute approximate surface area is 171 Å². The minimum absolute atomic E-state index is 0. The van der Waals surface area contributed by atoms with Gasteiger partial charge in [0.2, 0.25) is 17.7 Å². The molecule has 28 heavy (non-hydrogen) atoms. The van der Waals surface area contributed by atoms with Gasteiger partial charge in [0.15, 0.2) is 0 Å². The van der Waals surface area contributed by atoms with E-state index in [2.05, 4.69) is 10.6 Å². The molecule has 1 atom stereocenters. The molecule has 0 aliphatic carbocycles. The number of hydrogen-bond donors (Lipinski definition) is 3. The summed E-state index contributed by atoms with van der Waals surface area (Å²) in [5.41, 5.74) is 7.20. The molecule has 8 nitrogen and oxygen atoms in total. The quantitative estimate of drug-likeness (QED) is 0.605. The van der Waals surface area contributed by atoms with Gasteiger partial charge in [0.25, 0.3) is 0 Å². The number of nitrogens with zero attached hydrogens (tertiary/aromatic N) is 1. The molecular weight excluding hydrogens is 384 g/mol. The predicted molar refractivity (Wildman–Crippen MR) is 109 cm³/mol. The molecule has 1 heterocycles. The Kier molecular flexibility index (Phi) is 9.92. The van der Waals surface area contributed by atoms with Gasteiger partial charge in [-0.15, -0.1) is 12.4 Å². The summed E-state index contributed by atoms with van der Waals surface area (Å²) in [6.45, 7) is 5.95. The molecule has 1 aromatic rings. The topological polar surface area (TPSA) is 114 Å². The van der Waals surface area contributed by atoms with E-state index in [4.69, 9.17) is 10.5 Å². The summed E-state index contributed by atoms with van der Waals surface area (Å²) in [7, 11) is 0. The van der Waals surface area contributed by atoms with Crippen molar-refractivity contribution in [2.75, 3.05) is 38.2 Å². The van der Waals surface area contributed by atoms with Gasteiger partial charge in [0.05, 0.1) is 32.2 Å². The van der Waals surface area contributed by atoms with Crippen LogP contribution in [-0.2, 0) is 25.5 Å². The first-order valence-electron chi connectivity index (χ1n) is 9.14. The lowest BCUT2D eigenvalue weighted by Gasteiger charge is -2.26. The number of hydrogen-bond acceptors (Lipinski definition) is 5. The third kappa shape index (κ3) is 7.46. The highest BCUT2D eigenvalue weighted by molar-refractivity contribution is 5.95. The van der Waals surface area contributed by atoms with Crippen molar-refractivity contribution in [2.45, 2.75) is 26.3 Å². The zero-order valence-corrected chi connectivity index (χ0v) is 17.1. The minimum Gasteiger partial charge on any atom is -0.378 e. The normalized spacial score (nSPS) is 14.8. The summed E-state index contributed by atoms with van der Waals surface area (Å²) in [5.74, 6) is -0.617. The van der Waals surface area contributed by atoms with Crippen molar-refractivity contribution < 1.29 is 19.1 Å². The van der Waals surface area contributed by atoms with Crippen molar-refractivity contribution in [2.24, 2.45) is 11.7 Å². The summed E-state index contributed by atoms with van der Waals surface area (Å²) >= 11 is 0. The molecule has 2 rings (SSSR count). The Morgan fingerprint density at radius 1 is 1.14 bits per heavy atom. The maximum Gasteiger partial charge on any atom is 0.243 e. The number of anilines is 1. The highest BCUT2D eigenvalue weighted by Gasteiger charge is 2.18. The van der Waals surface area contributed by atoms with Crippen LogP contribution in [0.5, 0.6) is 0 Å². The van der Waals surface area contributed by atoms with Crippen molar-refractivity contribution in [1.29, 1.82) is 0 Å². The number of carbonyl (C=O) groups excluding carboxylic acids is 3. The highest BCUT2D eigenvalue weighted by Crippen LogP contribution is 2.11. The Bertz CT molecular complexity index is 660. The standard InChI is InChI=1S/C19H28N4O4.ClH/c1-13(2)18(20)19(26)21-12-16(24)22-15-5-3-14(4-6-15)11-17(25)23-7-9-27-10-8-23;/h3-6,13,18H,7-12,20H2,1-2H3,(H,21,26)(H,22,24);1H/t18-;/m0./s1. The SMILES string of the molecule is CC(C)[C@H](N)C(=O)NCC(=O)Nc1ccc(CC(=O)N2CCOCC2)cc1.Cl. The van der Waals surface area contributed by atoms with Gasteiger partial charge in [-0.25, -0.2) is 0 Å². The molecule has 0 saturated carbocycles. The lowest BCUT2D eigenvalue weighted by Crippen LogP contribution is -2.46. The van der Waals surface area contributed by atoms with Gasteiger partial charge in [0, 0.05) is 18.8 Å². The lowest BCUT2D eigenvalue weighted by molar-refractivity contribution is -0.134. The third-order valence-corrected chi connectivity index (χ3v) is 4.40. The van der Waals surface area contributed by atoms with Crippen LogP contribution in [-0.4, -0.2) is 61.5 Å². The maximum absolute atomic E-state index is 12.2. The van der Waals surface area contributed by atoms with E-state index in [1.807, 2.05) is 13.8 Å². The smallest absolute Gasteiger partial charge is 0.243 e. The first-order chi connectivity index (χ1) is 12.9. The first-order valence-corrected chi connectivity index (χ1v) is 9.14. The largest absolute Gasteiger partial charge is 0.378 e. The van der Waals surface area contributed by atoms with E-state index in [-0.39, 0.29) is 42.6 Å². The molecule has 0 unspecified atom stereocenters. The Hall–Kier alpha value is -2.16. The van der Waals surface area contributed by atoms with E-state index in [1.54, 1.807) is 29.2 Å². The van der Waals surface area contributed by atoms with Crippen molar-refractivity contribution >= 4 is 35.8 Å². The third-order valence-electron chi connectivity index (χ3n) is 4.40. The fourth-order valence-corrected chi connectivity index (χ4v) is 2.60. The highest BCUT2D eigenvalue weighted by atomic mass is 35.5. The fourth-order valence-electron chi connectivity index (χ4n) is 2.60. The average Bonchev–Trinajstić information content (AvgIpc) is 2.67. The van der Waals surface area contributed by atoms with Crippen LogP contribution >= 0.6 is 12.4 Å². The molecule has 0 bridgehead atoms. The summed E-state index contributed by atoms with van der Waals surface area (Å²) in [6.07, 6.45) is 0.317. The van der Waals surface area contributed by atoms with Crippen LogP contribution in [0.2, 0.25) is 0 Å². The van der Waals surface area contributed by atoms with Gasteiger partial charge in [-0.3, -0.25) is 14.4 Å². The number of carbonyl (C=O) groups is 3. The fraction of sp³-hybridized carbons (Fsp3) is 0.526. The molecule has 0 aromatic heterocycles. The van der Waals surface area contributed by atoms with E-state index >= 15 is 0 Å². The van der Waals surface area contributed by atoms with Crippen LogP contribution in [0.25, 0.3) is 0 Å². The van der Waals surface area contributed by atoms with Crippen LogP contribution in [0.3, 0.4) is 0 Å². The molecule has 1 fully saturated rings. The van der Waals surface area contributed by atoms with Crippen molar-refractivity contribution in [3.63, 3.8) is 0 Å². The number of nitrogens with one attached hydrogen (secondary N) is 2. The Balaban J connectivity index is 0.00000392. The second kappa shape index (κ2) is 11.6. The minimum atomic E-state index is -0.638. The summed E-state index contributed by atoms with van der Waals surface area (Å²) in [5, 5.41) is 5.22. The van der Waals surface area contributed by atoms with Gasteiger partial charge >= 0.3 is 0 Å². The van der Waals surface area contributed by atoms with Crippen molar-refractivity contribution in [1.82, 2.24) is 10.2 Å². The molecule has 0 spiro atoms. The van der Waals surface area contributed by atoms with Crippen LogP contribution in [0.15, 0.2) is 24.3 Å². The van der Waals surface area contributed by atoms with Crippen molar-refractivity contribution in [3.05, 3.63) is 29.8 Å². The van der Waals surface area contributed by atoms with E-state index in [0.717, 1.165) is 5.56 Å². The number of morpholine rings is 1. The van der Waals surface area contributed by atoms with Gasteiger partial charge in [-0.1, -0.05) is 26.0 Å². The van der Waals surface area contributed by atoms with Crippen molar-refractivity contribution in [3.8, 4) is 0 Å². The molecule has 156 valence electrons. The summed E-state index contributed by atoms with van der Waals surface area (Å²) in [6, 6.07) is 6.45. The van der Waals surface area contributed by atoms with Crippen LogP contribution in [0.4, 0.5) is 5.69 Å². The predicted octanol–water partition coefficient (Wildman–Crippen LogP) is 0.548. The number of ether oxygens (including phenoxy) is 1. The number of benzene rings is 1. The second-order valence-electron chi connectivity index (χ2n) is 6.90. The number of rotatable bonds is 7. The maximum atomic E-state index is 12.2. The molecule has 1 saturated heterocycles. The molecule has 1 aliphatic rings. The molecule has 4 N–H and O–H groups in total. The number of halogens is 1. The zero-order valence-electron chi connectivity index (χ0n) is 16.3. The van der Waals surface area contributed by atoms with Crippen LogP contribution in [0.1, 0.15) is 19.4 Å². The molecule has 1 aliphatic heterocycles. The number of nitrogens with two attached hydrogens (primary N) is 1. The Morgan fingerprint density at radius 3 is 2.32 bits per heavy atom. The average molecular weight is 413 g/mol. The molecule has 0 radical (unpaired) electrons. The van der Waals surface area contributed by atoms with E-state index in [0.29, 0.717) is 38.4 Å². The Morgan fingerprint density at radius 2 is 1.75 bits per heavy atom. The molecule has 3 amide bonds. The van der Waals surface area contributed by atoms with Gasteiger partial charge in [0.1, 0.15) is 0 Å². The van der Waals surface area contributed by atoms with Crippen LogP contribution in [0, 0.1) is 5.92 Å². The van der Waals surface area contributed by atoms with E-state index in [9.17, 15) is 14.4 Å². The van der Waals surface area contributed by atoms with Gasteiger partial charge in [-0.05, 0) is 23.6 Å². The lowest BCUT2D eigenvalue weighted by atomic mass is 10.1. The van der Waals surface area contributed by atoms with Gasteiger partial charge < -0.3 is 26.0 Å². The monoisotopic (exact) mass is 412 g/mol.